The summed E-state index contributed by atoms with van der Waals surface area (Å²) >= 11 is 1.60. The number of hydrogen-bond donors (Lipinski definition) is 1. The van der Waals surface area contributed by atoms with Gasteiger partial charge in [0.25, 0.3) is 5.91 Å². The van der Waals surface area contributed by atoms with E-state index in [4.69, 9.17) is 14.2 Å². The first-order valence-electron chi connectivity index (χ1n) is 9.44. The number of nitrogens with zero attached hydrogens (tertiary/aromatic N) is 1. The van der Waals surface area contributed by atoms with Crippen LogP contribution in [0.2, 0.25) is 0 Å². The van der Waals surface area contributed by atoms with Gasteiger partial charge in [-0.05, 0) is 57.2 Å². The quantitative estimate of drug-likeness (QED) is 0.539. The van der Waals surface area contributed by atoms with Crippen molar-refractivity contribution in [1.82, 2.24) is 4.98 Å². The van der Waals surface area contributed by atoms with Gasteiger partial charge in [-0.2, -0.15) is 0 Å². The number of thiazole rings is 1. The third-order valence-corrected chi connectivity index (χ3v) is 4.93. The fourth-order valence-corrected chi connectivity index (χ4v) is 3.46. The summed E-state index contributed by atoms with van der Waals surface area (Å²) in [5.41, 5.74) is 2.65. The Labute approximate surface area is 174 Å². The third kappa shape index (κ3) is 5.71. The molecule has 0 atom stereocenters. The SMILES string of the molecule is CCOc1ccc(NC(=O)COc2ccc(-c3nc(C)cs3)cc2)cc1OCC. The second kappa shape index (κ2) is 9.93. The van der Waals surface area contributed by atoms with Crippen LogP contribution in [0.15, 0.2) is 47.8 Å². The van der Waals surface area contributed by atoms with Crippen molar-refractivity contribution in [2.45, 2.75) is 20.8 Å². The van der Waals surface area contributed by atoms with Crippen molar-refractivity contribution >= 4 is 22.9 Å². The molecule has 7 heteroatoms. The van der Waals surface area contributed by atoms with Gasteiger partial charge in [0.2, 0.25) is 0 Å². The van der Waals surface area contributed by atoms with Gasteiger partial charge in [-0.1, -0.05) is 0 Å². The van der Waals surface area contributed by atoms with Crippen LogP contribution in [0, 0.1) is 6.92 Å². The van der Waals surface area contributed by atoms with Gasteiger partial charge in [0, 0.05) is 28.4 Å². The molecule has 3 rings (SSSR count). The first kappa shape index (κ1) is 20.7. The fourth-order valence-electron chi connectivity index (χ4n) is 2.66. The highest BCUT2D eigenvalue weighted by molar-refractivity contribution is 7.13. The Hall–Kier alpha value is -3.06. The van der Waals surface area contributed by atoms with E-state index in [1.165, 1.54) is 0 Å². The Morgan fingerprint density at radius 1 is 1.00 bits per heavy atom. The van der Waals surface area contributed by atoms with Crippen molar-refractivity contribution in [2.24, 2.45) is 0 Å². The number of hydrogen-bond acceptors (Lipinski definition) is 6. The Kier molecular flexibility index (Phi) is 7.08. The van der Waals surface area contributed by atoms with E-state index in [1.54, 1.807) is 29.5 Å². The van der Waals surface area contributed by atoms with Crippen LogP contribution in [0.25, 0.3) is 10.6 Å². The third-order valence-electron chi connectivity index (χ3n) is 3.92. The fraction of sp³-hybridized carbons (Fsp3) is 0.273. The maximum Gasteiger partial charge on any atom is 0.262 e. The lowest BCUT2D eigenvalue weighted by atomic mass is 10.2. The van der Waals surface area contributed by atoms with E-state index in [2.05, 4.69) is 10.3 Å². The van der Waals surface area contributed by atoms with Gasteiger partial charge in [-0.3, -0.25) is 4.79 Å². The lowest BCUT2D eigenvalue weighted by molar-refractivity contribution is -0.118. The van der Waals surface area contributed by atoms with Crippen LogP contribution in [0.5, 0.6) is 17.2 Å². The molecule has 0 aliphatic carbocycles. The maximum atomic E-state index is 12.2. The van der Waals surface area contributed by atoms with E-state index >= 15 is 0 Å². The molecule has 3 aromatic rings. The number of aromatic nitrogens is 1. The van der Waals surface area contributed by atoms with Gasteiger partial charge in [0.1, 0.15) is 10.8 Å². The number of anilines is 1. The summed E-state index contributed by atoms with van der Waals surface area (Å²) in [4.78, 5) is 16.7. The van der Waals surface area contributed by atoms with Crippen molar-refractivity contribution in [3.05, 3.63) is 53.5 Å². The topological polar surface area (TPSA) is 69.7 Å². The molecular weight excluding hydrogens is 388 g/mol. The Balaban J connectivity index is 1.56. The zero-order valence-corrected chi connectivity index (χ0v) is 17.5. The summed E-state index contributed by atoms with van der Waals surface area (Å²) in [6.45, 7) is 6.74. The minimum Gasteiger partial charge on any atom is -0.490 e. The summed E-state index contributed by atoms with van der Waals surface area (Å²) in [6.07, 6.45) is 0. The predicted molar refractivity (Wildman–Crippen MR) is 115 cm³/mol. The first-order valence-corrected chi connectivity index (χ1v) is 10.3. The summed E-state index contributed by atoms with van der Waals surface area (Å²) in [5.74, 6) is 1.62. The van der Waals surface area contributed by atoms with Crippen molar-refractivity contribution in [1.29, 1.82) is 0 Å². The molecular formula is C22H24N2O4S. The molecule has 0 fully saturated rings. The Morgan fingerprint density at radius 3 is 2.38 bits per heavy atom. The summed E-state index contributed by atoms with van der Waals surface area (Å²) in [7, 11) is 0. The molecule has 0 spiro atoms. The van der Waals surface area contributed by atoms with Gasteiger partial charge >= 0.3 is 0 Å². The molecule has 0 unspecified atom stereocenters. The standard InChI is InChI=1S/C22H24N2O4S/c1-4-26-19-11-8-17(12-20(19)27-5-2)24-21(25)13-28-18-9-6-16(7-10-18)22-23-15(3)14-29-22/h6-12,14H,4-5,13H2,1-3H3,(H,24,25). The smallest absolute Gasteiger partial charge is 0.262 e. The average molecular weight is 413 g/mol. The number of amides is 1. The normalized spacial score (nSPS) is 10.4. The molecule has 6 nitrogen and oxygen atoms in total. The number of carbonyl (C=O) groups excluding carboxylic acids is 1. The maximum absolute atomic E-state index is 12.2. The molecule has 1 aromatic heterocycles. The van der Waals surface area contributed by atoms with Gasteiger partial charge < -0.3 is 19.5 Å². The number of aryl methyl sites for hydroxylation is 1. The lowest BCUT2D eigenvalue weighted by Crippen LogP contribution is -2.20. The molecule has 0 bridgehead atoms. The van der Waals surface area contributed by atoms with Crippen LogP contribution >= 0.6 is 11.3 Å². The largest absolute Gasteiger partial charge is 0.490 e. The number of benzene rings is 2. The summed E-state index contributed by atoms with van der Waals surface area (Å²) in [5, 5.41) is 5.79. The number of ether oxygens (including phenoxy) is 3. The number of rotatable bonds is 9. The molecule has 1 heterocycles. The van der Waals surface area contributed by atoms with Gasteiger partial charge in [-0.15, -0.1) is 11.3 Å². The van der Waals surface area contributed by atoms with Crippen LogP contribution in [0.1, 0.15) is 19.5 Å². The molecule has 0 saturated heterocycles. The van der Waals surface area contributed by atoms with Gasteiger partial charge in [0.05, 0.1) is 13.2 Å². The Morgan fingerprint density at radius 2 is 1.72 bits per heavy atom. The van der Waals surface area contributed by atoms with E-state index in [1.807, 2.05) is 50.4 Å². The lowest BCUT2D eigenvalue weighted by Gasteiger charge is -2.13. The van der Waals surface area contributed by atoms with Crippen LogP contribution in [-0.4, -0.2) is 30.7 Å². The second-order valence-corrected chi connectivity index (χ2v) is 7.04. The van der Waals surface area contributed by atoms with Crippen LogP contribution in [0.3, 0.4) is 0 Å². The number of nitrogens with one attached hydrogen (secondary N) is 1. The van der Waals surface area contributed by atoms with Crippen molar-refractivity contribution in [3.63, 3.8) is 0 Å². The highest BCUT2D eigenvalue weighted by Crippen LogP contribution is 2.30. The first-order chi connectivity index (χ1) is 14.1. The zero-order valence-electron chi connectivity index (χ0n) is 16.7. The predicted octanol–water partition coefficient (Wildman–Crippen LogP) is 4.93. The minimum atomic E-state index is -0.253. The van der Waals surface area contributed by atoms with Crippen LogP contribution in [-0.2, 0) is 4.79 Å². The van der Waals surface area contributed by atoms with Crippen molar-refractivity contribution in [3.8, 4) is 27.8 Å². The summed E-state index contributed by atoms with van der Waals surface area (Å²) in [6, 6.07) is 12.9. The molecule has 152 valence electrons. The number of carbonyl (C=O) groups is 1. The Bertz CT molecular complexity index is 954. The highest BCUT2D eigenvalue weighted by atomic mass is 32.1. The van der Waals surface area contributed by atoms with Crippen molar-refractivity contribution < 1.29 is 19.0 Å². The summed E-state index contributed by atoms with van der Waals surface area (Å²) < 4.78 is 16.7. The van der Waals surface area contributed by atoms with Crippen LogP contribution in [0.4, 0.5) is 5.69 Å². The van der Waals surface area contributed by atoms with E-state index in [9.17, 15) is 4.79 Å². The molecule has 2 aromatic carbocycles. The van der Waals surface area contributed by atoms with Gasteiger partial charge in [-0.25, -0.2) is 4.98 Å². The molecule has 0 aliphatic heterocycles. The van der Waals surface area contributed by atoms with E-state index < -0.39 is 0 Å². The van der Waals surface area contributed by atoms with E-state index in [0.717, 1.165) is 16.3 Å². The molecule has 1 amide bonds. The van der Waals surface area contributed by atoms with Crippen molar-refractivity contribution in [2.75, 3.05) is 25.1 Å². The molecule has 0 radical (unpaired) electrons. The van der Waals surface area contributed by atoms with E-state index in [-0.39, 0.29) is 12.5 Å². The van der Waals surface area contributed by atoms with Gasteiger partial charge in [0.15, 0.2) is 18.1 Å². The monoisotopic (exact) mass is 412 g/mol. The second-order valence-electron chi connectivity index (χ2n) is 6.18. The molecule has 0 saturated carbocycles. The average Bonchev–Trinajstić information content (AvgIpc) is 3.15. The molecule has 29 heavy (non-hydrogen) atoms. The zero-order chi connectivity index (χ0) is 20.6. The van der Waals surface area contributed by atoms with Crippen LogP contribution < -0.4 is 19.5 Å². The minimum absolute atomic E-state index is 0.0904. The van der Waals surface area contributed by atoms with E-state index in [0.29, 0.717) is 36.1 Å². The highest BCUT2D eigenvalue weighted by Gasteiger charge is 2.10. The molecule has 1 N–H and O–H groups in total. The molecule has 0 aliphatic rings.